The minimum absolute atomic E-state index is 0.0379. The zero-order valence-corrected chi connectivity index (χ0v) is 12.8. The molecule has 0 aromatic heterocycles. The Kier molecular flexibility index (Phi) is 4.96. The summed E-state index contributed by atoms with van der Waals surface area (Å²) in [6.45, 7) is 5.08. The lowest BCUT2D eigenvalue weighted by Crippen LogP contribution is -2.41. The molecular weight excluding hydrogens is 268 g/mol. The van der Waals surface area contributed by atoms with Gasteiger partial charge in [-0.2, -0.15) is 0 Å². The van der Waals surface area contributed by atoms with Gasteiger partial charge in [-0.15, -0.1) is 0 Å². The SMILES string of the molecule is COCCC(=O)N[C@@H]1CCN(c2ccc(C)c(C)c2)C1=O. The number of benzene rings is 1. The molecule has 0 bridgehead atoms. The van der Waals surface area contributed by atoms with Gasteiger partial charge in [-0.1, -0.05) is 6.07 Å². The Balaban J connectivity index is 2.00. The first-order chi connectivity index (χ1) is 10.0. The molecule has 1 aromatic rings. The number of hydrogen-bond acceptors (Lipinski definition) is 3. The van der Waals surface area contributed by atoms with Gasteiger partial charge in [0.05, 0.1) is 6.61 Å². The van der Waals surface area contributed by atoms with Crippen LogP contribution in [-0.4, -0.2) is 38.1 Å². The molecule has 1 fully saturated rings. The van der Waals surface area contributed by atoms with Crippen LogP contribution in [0.4, 0.5) is 5.69 Å². The van der Waals surface area contributed by atoms with Crippen LogP contribution in [0.25, 0.3) is 0 Å². The predicted octanol–water partition coefficient (Wildman–Crippen LogP) is 1.56. The summed E-state index contributed by atoms with van der Waals surface area (Å²) in [5.41, 5.74) is 3.26. The van der Waals surface area contributed by atoms with E-state index in [0.29, 0.717) is 19.6 Å². The Hall–Kier alpha value is -1.88. The van der Waals surface area contributed by atoms with Crippen LogP contribution < -0.4 is 10.2 Å². The molecule has 5 nitrogen and oxygen atoms in total. The lowest BCUT2D eigenvalue weighted by atomic mass is 10.1. The smallest absolute Gasteiger partial charge is 0.249 e. The van der Waals surface area contributed by atoms with Crippen molar-refractivity contribution in [2.75, 3.05) is 25.2 Å². The number of carbonyl (C=O) groups excluding carboxylic acids is 2. The van der Waals surface area contributed by atoms with Gasteiger partial charge in [-0.25, -0.2) is 0 Å². The summed E-state index contributed by atoms with van der Waals surface area (Å²) < 4.78 is 4.86. The predicted molar refractivity (Wildman–Crippen MR) is 81.3 cm³/mol. The molecule has 2 amide bonds. The second kappa shape index (κ2) is 6.72. The third-order valence-electron chi connectivity index (χ3n) is 3.88. The van der Waals surface area contributed by atoms with Gasteiger partial charge in [0, 0.05) is 25.8 Å². The van der Waals surface area contributed by atoms with Crippen LogP contribution >= 0.6 is 0 Å². The van der Waals surface area contributed by atoms with Gasteiger partial charge in [-0.05, 0) is 43.5 Å². The summed E-state index contributed by atoms with van der Waals surface area (Å²) in [6, 6.07) is 5.57. The first kappa shape index (κ1) is 15.5. The minimum atomic E-state index is -0.420. The summed E-state index contributed by atoms with van der Waals surface area (Å²) in [4.78, 5) is 25.8. The molecule has 0 spiro atoms. The van der Waals surface area contributed by atoms with Gasteiger partial charge in [0.1, 0.15) is 6.04 Å². The topological polar surface area (TPSA) is 58.6 Å². The summed E-state index contributed by atoms with van der Waals surface area (Å²) in [5, 5.41) is 2.78. The van der Waals surface area contributed by atoms with E-state index >= 15 is 0 Å². The molecule has 1 aliphatic heterocycles. The molecule has 114 valence electrons. The van der Waals surface area contributed by atoms with Crippen molar-refractivity contribution in [3.8, 4) is 0 Å². The van der Waals surface area contributed by atoms with Crippen LogP contribution in [0, 0.1) is 13.8 Å². The van der Waals surface area contributed by atoms with Crippen molar-refractivity contribution in [1.29, 1.82) is 0 Å². The van der Waals surface area contributed by atoms with Gasteiger partial charge in [0.15, 0.2) is 0 Å². The molecule has 1 heterocycles. The van der Waals surface area contributed by atoms with Crippen LogP contribution in [0.15, 0.2) is 18.2 Å². The number of amides is 2. The van der Waals surface area contributed by atoms with E-state index in [-0.39, 0.29) is 18.2 Å². The fraction of sp³-hybridized carbons (Fsp3) is 0.500. The fourth-order valence-electron chi connectivity index (χ4n) is 2.42. The zero-order chi connectivity index (χ0) is 15.4. The van der Waals surface area contributed by atoms with Crippen molar-refractivity contribution in [3.63, 3.8) is 0 Å². The molecule has 2 rings (SSSR count). The number of ether oxygens (including phenoxy) is 1. The van der Waals surface area contributed by atoms with Crippen molar-refractivity contribution in [2.45, 2.75) is 32.7 Å². The van der Waals surface area contributed by atoms with Crippen molar-refractivity contribution >= 4 is 17.5 Å². The van der Waals surface area contributed by atoms with E-state index < -0.39 is 6.04 Å². The van der Waals surface area contributed by atoms with E-state index in [1.807, 2.05) is 32.0 Å². The number of nitrogens with one attached hydrogen (secondary N) is 1. The zero-order valence-electron chi connectivity index (χ0n) is 12.8. The minimum Gasteiger partial charge on any atom is -0.384 e. The average molecular weight is 290 g/mol. The Morgan fingerprint density at radius 1 is 1.38 bits per heavy atom. The van der Waals surface area contributed by atoms with E-state index in [0.717, 1.165) is 11.3 Å². The number of aryl methyl sites for hydroxylation is 2. The van der Waals surface area contributed by atoms with Crippen LogP contribution in [0.3, 0.4) is 0 Å². The van der Waals surface area contributed by atoms with Gasteiger partial charge in [-0.3, -0.25) is 9.59 Å². The van der Waals surface area contributed by atoms with Crippen molar-refractivity contribution in [1.82, 2.24) is 5.32 Å². The second-order valence-electron chi connectivity index (χ2n) is 5.41. The maximum atomic E-state index is 12.4. The van der Waals surface area contributed by atoms with Gasteiger partial charge >= 0.3 is 0 Å². The van der Waals surface area contributed by atoms with Crippen LogP contribution in [0.2, 0.25) is 0 Å². The Labute approximate surface area is 125 Å². The molecule has 1 saturated heterocycles. The number of anilines is 1. The first-order valence-corrected chi connectivity index (χ1v) is 7.20. The van der Waals surface area contributed by atoms with Crippen LogP contribution in [0.1, 0.15) is 24.0 Å². The number of methoxy groups -OCH3 is 1. The normalized spacial score (nSPS) is 18.1. The third kappa shape index (κ3) is 3.61. The molecule has 1 atom stereocenters. The summed E-state index contributed by atoms with van der Waals surface area (Å²) in [7, 11) is 1.55. The van der Waals surface area contributed by atoms with E-state index in [2.05, 4.69) is 5.32 Å². The summed E-state index contributed by atoms with van der Waals surface area (Å²) in [5.74, 6) is -0.179. The van der Waals surface area contributed by atoms with Crippen LogP contribution in [0.5, 0.6) is 0 Å². The van der Waals surface area contributed by atoms with Crippen molar-refractivity contribution in [2.24, 2.45) is 0 Å². The molecule has 5 heteroatoms. The lowest BCUT2D eigenvalue weighted by Gasteiger charge is -2.18. The Morgan fingerprint density at radius 2 is 2.14 bits per heavy atom. The number of carbonyl (C=O) groups is 2. The number of hydrogen-bond donors (Lipinski definition) is 1. The van der Waals surface area contributed by atoms with Crippen molar-refractivity contribution in [3.05, 3.63) is 29.3 Å². The summed E-state index contributed by atoms with van der Waals surface area (Å²) in [6.07, 6.45) is 0.925. The van der Waals surface area contributed by atoms with E-state index in [4.69, 9.17) is 4.74 Å². The molecule has 1 aromatic carbocycles. The third-order valence-corrected chi connectivity index (χ3v) is 3.88. The Morgan fingerprint density at radius 3 is 2.81 bits per heavy atom. The molecule has 21 heavy (non-hydrogen) atoms. The highest BCUT2D eigenvalue weighted by atomic mass is 16.5. The molecular formula is C16H22N2O3. The van der Waals surface area contributed by atoms with E-state index in [1.54, 1.807) is 12.0 Å². The maximum Gasteiger partial charge on any atom is 0.249 e. The second-order valence-corrected chi connectivity index (χ2v) is 5.41. The quantitative estimate of drug-likeness (QED) is 0.895. The van der Waals surface area contributed by atoms with E-state index in [1.165, 1.54) is 5.56 Å². The summed E-state index contributed by atoms with van der Waals surface area (Å²) >= 11 is 0. The molecule has 0 aliphatic carbocycles. The van der Waals surface area contributed by atoms with E-state index in [9.17, 15) is 9.59 Å². The van der Waals surface area contributed by atoms with Gasteiger partial charge in [0.25, 0.3) is 0 Å². The first-order valence-electron chi connectivity index (χ1n) is 7.20. The fourth-order valence-corrected chi connectivity index (χ4v) is 2.42. The molecule has 0 radical (unpaired) electrons. The molecule has 1 N–H and O–H groups in total. The molecule has 0 unspecified atom stereocenters. The highest BCUT2D eigenvalue weighted by molar-refractivity contribution is 6.01. The lowest BCUT2D eigenvalue weighted by molar-refractivity contribution is -0.127. The maximum absolute atomic E-state index is 12.4. The van der Waals surface area contributed by atoms with Gasteiger partial charge < -0.3 is 15.0 Å². The average Bonchev–Trinajstić information content (AvgIpc) is 2.81. The molecule has 0 saturated carbocycles. The van der Waals surface area contributed by atoms with Crippen molar-refractivity contribution < 1.29 is 14.3 Å². The van der Waals surface area contributed by atoms with Gasteiger partial charge in [0.2, 0.25) is 11.8 Å². The molecule has 1 aliphatic rings. The standard InChI is InChI=1S/C16H22N2O3/c1-11-4-5-13(10-12(11)2)18-8-6-14(16(18)20)17-15(19)7-9-21-3/h4-5,10,14H,6-9H2,1-3H3,(H,17,19)/t14-/m1/s1. The number of rotatable bonds is 5. The Bertz CT molecular complexity index is 542. The number of nitrogens with zero attached hydrogens (tertiary/aromatic N) is 1. The van der Waals surface area contributed by atoms with Crippen LogP contribution in [-0.2, 0) is 14.3 Å². The largest absolute Gasteiger partial charge is 0.384 e. The highest BCUT2D eigenvalue weighted by Gasteiger charge is 2.33. The highest BCUT2D eigenvalue weighted by Crippen LogP contribution is 2.24. The monoisotopic (exact) mass is 290 g/mol.